The van der Waals surface area contributed by atoms with E-state index in [2.05, 4.69) is 20.3 Å². The van der Waals surface area contributed by atoms with Crippen molar-refractivity contribution in [3.8, 4) is 6.07 Å². The molecule has 0 fully saturated rings. The quantitative estimate of drug-likeness (QED) is 0.622. The molecule has 122 valence electrons. The van der Waals surface area contributed by atoms with Crippen LogP contribution in [-0.4, -0.2) is 29.3 Å². The Kier molecular flexibility index (Phi) is 6.29. The highest BCUT2D eigenvalue weighted by atomic mass is 35.5. The summed E-state index contributed by atoms with van der Waals surface area (Å²) in [5, 5.41) is 12.3. The van der Waals surface area contributed by atoms with Gasteiger partial charge in [0.1, 0.15) is 6.07 Å². The lowest BCUT2D eigenvalue weighted by atomic mass is 10.1. The van der Waals surface area contributed by atoms with E-state index in [0.29, 0.717) is 35.3 Å². The maximum absolute atomic E-state index is 8.85. The van der Waals surface area contributed by atoms with E-state index in [1.165, 1.54) is 0 Å². The van der Waals surface area contributed by atoms with Crippen molar-refractivity contribution in [3.05, 3.63) is 58.4 Å². The van der Waals surface area contributed by atoms with Crippen molar-refractivity contribution < 1.29 is 0 Å². The van der Waals surface area contributed by atoms with Crippen LogP contribution in [0.2, 0.25) is 5.02 Å². The first kappa shape index (κ1) is 17.4. The number of rotatable bonds is 6. The summed E-state index contributed by atoms with van der Waals surface area (Å²) in [7, 11) is 0. The Morgan fingerprint density at radius 2 is 2.29 bits per heavy atom. The number of aryl methyl sites for hydroxylation is 1. The molecule has 0 bridgehead atoms. The van der Waals surface area contributed by atoms with Crippen LogP contribution in [0.3, 0.4) is 0 Å². The van der Waals surface area contributed by atoms with Gasteiger partial charge in [0.25, 0.3) is 0 Å². The van der Waals surface area contributed by atoms with E-state index < -0.39 is 0 Å². The zero-order valence-corrected chi connectivity index (χ0v) is 14.0. The van der Waals surface area contributed by atoms with Crippen LogP contribution in [0.4, 0.5) is 5.95 Å². The van der Waals surface area contributed by atoms with E-state index in [4.69, 9.17) is 22.6 Å². The molecule has 0 aliphatic rings. The number of aliphatic imine (C=N–C) groups is 1. The standard InChI is InChI=1S/C17H17ClN6/c1-12-4-7-22-17(24-12)23-9-8-21-6-5-16(20)13-2-3-14(11-19)15(18)10-13/h2-7,10H,8-9,20H2,1H3,(H,22,23,24). The monoisotopic (exact) mass is 340 g/mol. The fourth-order valence-electron chi connectivity index (χ4n) is 1.86. The Balaban J connectivity index is 1.85. The Hall–Kier alpha value is -2.91. The van der Waals surface area contributed by atoms with Gasteiger partial charge in [-0.05, 0) is 36.8 Å². The highest BCUT2D eigenvalue weighted by Crippen LogP contribution is 2.19. The van der Waals surface area contributed by atoms with Crippen LogP contribution in [-0.2, 0) is 0 Å². The van der Waals surface area contributed by atoms with Crippen LogP contribution in [0.25, 0.3) is 5.70 Å². The van der Waals surface area contributed by atoms with E-state index in [1.807, 2.05) is 19.1 Å². The third kappa shape index (κ3) is 5.07. The lowest BCUT2D eigenvalue weighted by molar-refractivity contribution is 0.983. The number of allylic oxidation sites excluding steroid dienone is 1. The summed E-state index contributed by atoms with van der Waals surface area (Å²) < 4.78 is 0. The summed E-state index contributed by atoms with van der Waals surface area (Å²) in [6, 6.07) is 8.90. The molecule has 2 rings (SSSR count). The van der Waals surface area contributed by atoms with Gasteiger partial charge in [0.2, 0.25) is 5.95 Å². The van der Waals surface area contributed by atoms with E-state index in [9.17, 15) is 0 Å². The van der Waals surface area contributed by atoms with E-state index in [0.717, 1.165) is 11.3 Å². The van der Waals surface area contributed by atoms with Crippen molar-refractivity contribution in [3.63, 3.8) is 0 Å². The number of halogens is 1. The van der Waals surface area contributed by atoms with Crippen molar-refractivity contribution in [2.75, 3.05) is 18.4 Å². The first-order chi connectivity index (χ1) is 11.6. The van der Waals surface area contributed by atoms with Gasteiger partial charge in [-0.3, -0.25) is 4.99 Å². The summed E-state index contributed by atoms with van der Waals surface area (Å²) in [5.74, 6) is 0.590. The first-order valence-electron chi connectivity index (χ1n) is 7.29. The maximum Gasteiger partial charge on any atom is 0.222 e. The number of hydrogen-bond acceptors (Lipinski definition) is 6. The number of anilines is 1. The summed E-state index contributed by atoms with van der Waals surface area (Å²) >= 11 is 5.99. The molecule has 7 heteroatoms. The summed E-state index contributed by atoms with van der Waals surface area (Å²) in [6.07, 6.45) is 5.04. The lowest BCUT2D eigenvalue weighted by Gasteiger charge is -2.03. The van der Waals surface area contributed by atoms with Crippen LogP contribution in [0.15, 0.2) is 41.5 Å². The van der Waals surface area contributed by atoms with Crippen molar-refractivity contribution in [2.45, 2.75) is 6.92 Å². The molecule has 1 aromatic heterocycles. The second-order valence-electron chi connectivity index (χ2n) is 4.93. The van der Waals surface area contributed by atoms with Crippen molar-refractivity contribution in [1.82, 2.24) is 9.97 Å². The SMILES string of the molecule is Cc1ccnc(NCCN=CC=C(N)c2ccc(C#N)c(Cl)c2)n1. The Labute approximate surface area is 145 Å². The zero-order valence-electron chi connectivity index (χ0n) is 13.2. The zero-order chi connectivity index (χ0) is 17.4. The number of hydrogen-bond donors (Lipinski definition) is 2. The molecule has 0 saturated heterocycles. The molecule has 2 aromatic rings. The third-order valence-electron chi connectivity index (χ3n) is 3.10. The molecule has 0 aliphatic heterocycles. The topological polar surface area (TPSA) is 100.0 Å². The third-order valence-corrected chi connectivity index (χ3v) is 3.41. The van der Waals surface area contributed by atoms with Gasteiger partial charge in [-0.2, -0.15) is 5.26 Å². The van der Waals surface area contributed by atoms with E-state index in [1.54, 1.807) is 36.7 Å². The number of nitriles is 1. The first-order valence-corrected chi connectivity index (χ1v) is 7.67. The summed E-state index contributed by atoms with van der Waals surface area (Å²) in [6.45, 7) is 3.10. The molecular weight excluding hydrogens is 324 g/mol. The molecular formula is C17H17ClN6. The van der Waals surface area contributed by atoms with Crippen molar-refractivity contribution in [1.29, 1.82) is 5.26 Å². The van der Waals surface area contributed by atoms with Gasteiger partial charge < -0.3 is 11.1 Å². The number of nitrogens with two attached hydrogens (primary N) is 1. The minimum atomic E-state index is 0.380. The number of aromatic nitrogens is 2. The highest BCUT2D eigenvalue weighted by molar-refractivity contribution is 6.31. The molecule has 0 saturated carbocycles. The average Bonchev–Trinajstić information content (AvgIpc) is 2.57. The molecule has 1 heterocycles. The van der Waals surface area contributed by atoms with Gasteiger partial charge in [-0.1, -0.05) is 17.7 Å². The predicted octanol–water partition coefficient (Wildman–Crippen LogP) is 2.79. The fraction of sp³-hybridized carbons (Fsp3) is 0.176. The van der Waals surface area contributed by atoms with Gasteiger partial charge in [0.05, 0.1) is 17.1 Å². The number of nitrogens with zero attached hydrogens (tertiary/aromatic N) is 4. The van der Waals surface area contributed by atoms with Gasteiger partial charge >= 0.3 is 0 Å². The van der Waals surface area contributed by atoms with Gasteiger partial charge in [0.15, 0.2) is 0 Å². The van der Waals surface area contributed by atoms with Crippen molar-refractivity contribution >= 4 is 29.5 Å². The molecule has 0 amide bonds. The van der Waals surface area contributed by atoms with Gasteiger partial charge in [0, 0.05) is 30.3 Å². The minimum Gasteiger partial charge on any atom is -0.398 e. The van der Waals surface area contributed by atoms with Crippen LogP contribution >= 0.6 is 11.6 Å². The van der Waals surface area contributed by atoms with Crippen LogP contribution in [0, 0.1) is 18.3 Å². The smallest absolute Gasteiger partial charge is 0.222 e. The van der Waals surface area contributed by atoms with Crippen molar-refractivity contribution in [2.24, 2.45) is 10.7 Å². The Morgan fingerprint density at radius 1 is 1.46 bits per heavy atom. The molecule has 0 spiro atoms. The second-order valence-corrected chi connectivity index (χ2v) is 5.34. The predicted molar refractivity (Wildman–Crippen MR) is 96.9 cm³/mol. The second kappa shape index (κ2) is 8.65. The molecule has 0 radical (unpaired) electrons. The molecule has 24 heavy (non-hydrogen) atoms. The molecule has 0 unspecified atom stereocenters. The van der Waals surface area contributed by atoms with Crippen LogP contribution in [0.5, 0.6) is 0 Å². The van der Waals surface area contributed by atoms with E-state index in [-0.39, 0.29) is 0 Å². The molecule has 0 aliphatic carbocycles. The minimum absolute atomic E-state index is 0.380. The largest absolute Gasteiger partial charge is 0.398 e. The number of benzene rings is 1. The van der Waals surface area contributed by atoms with Gasteiger partial charge in [-0.25, -0.2) is 9.97 Å². The van der Waals surface area contributed by atoms with Crippen LogP contribution < -0.4 is 11.1 Å². The lowest BCUT2D eigenvalue weighted by Crippen LogP contribution is -2.08. The van der Waals surface area contributed by atoms with E-state index >= 15 is 0 Å². The summed E-state index contributed by atoms with van der Waals surface area (Å²) in [5.41, 5.74) is 8.58. The van der Waals surface area contributed by atoms with Crippen LogP contribution in [0.1, 0.15) is 16.8 Å². The Morgan fingerprint density at radius 3 is 3.00 bits per heavy atom. The molecule has 0 atom stereocenters. The summed E-state index contributed by atoms with van der Waals surface area (Å²) in [4.78, 5) is 12.6. The number of nitrogens with one attached hydrogen (secondary N) is 1. The Bertz CT molecular complexity index is 807. The average molecular weight is 341 g/mol. The maximum atomic E-state index is 8.85. The normalized spacial score (nSPS) is 11.5. The molecule has 3 N–H and O–H groups in total. The van der Waals surface area contributed by atoms with Gasteiger partial charge in [-0.15, -0.1) is 0 Å². The highest BCUT2D eigenvalue weighted by Gasteiger charge is 2.02. The molecule has 6 nitrogen and oxygen atoms in total. The molecule has 1 aromatic carbocycles. The fourth-order valence-corrected chi connectivity index (χ4v) is 2.08.